The summed E-state index contributed by atoms with van der Waals surface area (Å²) in [5.74, 6) is 0.189. The Morgan fingerprint density at radius 2 is 0.670 bits per heavy atom. The van der Waals surface area contributed by atoms with E-state index in [1.807, 2.05) is 225 Å². The van der Waals surface area contributed by atoms with E-state index in [9.17, 15) is 39.0 Å². The summed E-state index contributed by atoms with van der Waals surface area (Å²) in [7, 11) is 0. The molecule has 6 aliphatic rings. The number of nitrogens with zero attached hydrogens (tertiary/aromatic N) is 9. The van der Waals surface area contributed by atoms with Crippen molar-refractivity contribution >= 4 is 17.7 Å². The molecule has 16 rings (SSSR count). The van der Waals surface area contributed by atoms with Crippen LogP contribution in [0.3, 0.4) is 0 Å². The molecule has 10 aromatic rings. The van der Waals surface area contributed by atoms with Crippen molar-refractivity contribution in [3.8, 4) is 34.5 Å². The van der Waals surface area contributed by atoms with Gasteiger partial charge in [-0.15, -0.1) is 0 Å². The lowest BCUT2D eigenvalue weighted by molar-refractivity contribution is 0.0691. The van der Waals surface area contributed by atoms with Gasteiger partial charge in [-0.05, 0) is 77.9 Å². The first-order valence-electron chi connectivity index (χ1n) is 34.0. The number of carbonyl (C=O) groups excluding carboxylic acids is 3. The predicted octanol–water partition coefficient (Wildman–Crippen LogP) is 11.0. The molecule has 103 heavy (non-hydrogen) atoms. The fraction of sp³-hybridized carbons (Fsp3) is 0.195. The zero-order valence-corrected chi connectivity index (χ0v) is 57.0. The normalized spacial score (nSPS) is 19.1. The van der Waals surface area contributed by atoms with Crippen molar-refractivity contribution in [1.29, 1.82) is 0 Å². The molecule has 2 N–H and O–H groups in total. The summed E-state index contributed by atoms with van der Waals surface area (Å²) in [6.45, 7) is 9.20. The van der Waals surface area contributed by atoms with E-state index >= 15 is 0 Å². The minimum atomic E-state index is -0.581. The summed E-state index contributed by atoms with van der Waals surface area (Å²) in [5, 5.41) is 27.2. The summed E-state index contributed by atoms with van der Waals surface area (Å²) in [5.41, 5.74) is 8.37. The lowest BCUT2D eigenvalue weighted by atomic mass is 9.97. The van der Waals surface area contributed by atoms with Gasteiger partial charge in [-0.2, -0.15) is 0 Å². The molecular weight excluding hydrogens is 1300 g/mol. The first kappa shape index (κ1) is 67.4. The van der Waals surface area contributed by atoms with E-state index in [1.165, 1.54) is 18.2 Å². The molecule has 0 radical (unpaired) electrons. The molecule has 0 saturated heterocycles. The van der Waals surface area contributed by atoms with Crippen LogP contribution in [0.5, 0.6) is 34.5 Å². The molecular formula is C82H75N9O12. The Hall–Kier alpha value is -12.8. The van der Waals surface area contributed by atoms with Gasteiger partial charge in [0.25, 0.3) is 17.7 Å². The molecule has 1 unspecified atom stereocenters. The number of aromatic hydroxyl groups is 2. The topological polar surface area (TPSA) is 214 Å². The van der Waals surface area contributed by atoms with Crippen molar-refractivity contribution in [2.24, 2.45) is 0 Å². The van der Waals surface area contributed by atoms with Crippen molar-refractivity contribution in [3.05, 3.63) is 353 Å². The largest absolute Gasteiger partial charge is 0.502 e. The van der Waals surface area contributed by atoms with Crippen LogP contribution < -0.4 is 50.3 Å². The average molecular weight is 1380 g/mol. The molecule has 3 amide bonds. The van der Waals surface area contributed by atoms with E-state index in [0.717, 1.165) is 72.9 Å². The maximum Gasteiger partial charge on any atom is 0.278 e. The van der Waals surface area contributed by atoms with Gasteiger partial charge < -0.3 is 43.9 Å². The molecule has 6 bridgehead atoms. The van der Waals surface area contributed by atoms with Crippen LogP contribution in [-0.4, -0.2) is 116 Å². The number of benzene rings is 7. The van der Waals surface area contributed by atoms with Gasteiger partial charge in [0, 0.05) is 73.1 Å². The maximum absolute atomic E-state index is 14.0. The lowest BCUT2D eigenvalue weighted by Crippen LogP contribution is -2.55. The quantitative estimate of drug-likeness (QED) is 0.148. The van der Waals surface area contributed by atoms with E-state index in [2.05, 4.69) is 23.2 Å². The Kier molecular flexibility index (Phi) is 19.4. The Labute approximate surface area is 594 Å². The smallest absolute Gasteiger partial charge is 0.278 e. The van der Waals surface area contributed by atoms with Crippen molar-refractivity contribution in [2.75, 3.05) is 74.5 Å². The fourth-order valence-corrected chi connectivity index (χ4v) is 13.6. The van der Waals surface area contributed by atoms with Gasteiger partial charge in [0.2, 0.25) is 16.3 Å². The third kappa shape index (κ3) is 13.7. The van der Waals surface area contributed by atoms with Gasteiger partial charge in [0.15, 0.2) is 34.3 Å². The highest BCUT2D eigenvalue weighted by Gasteiger charge is 2.41. The van der Waals surface area contributed by atoms with Crippen molar-refractivity contribution in [1.82, 2.24) is 28.7 Å². The van der Waals surface area contributed by atoms with Gasteiger partial charge in [-0.1, -0.05) is 194 Å². The highest BCUT2D eigenvalue weighted by atomic mass is 16.5. The third-order valence-corrected chi connectivity index (χ3v) is 18.8. The van der Waals surface area contributed by atoms with Crippen molar-refractivity contribution in [3.63, 3.8) is 0 Å². The number of hydrogen-bond acceptors (Lipinski definition) is 15. The number of para-hydroxylation sites is 3. The summed E-state index contributed by atoms with van der Waals surface area (Å²) in [6.07, 6.45) is 10.6. The summed E-state index contributed by atoms with van der Waals surface area (Å²) < 4.78 is 29.7. The third-order valence-electron chi connectivity index (χ3n) is 18.8. The highest BCUT2D eigenvalue weighted by molar-refractivity contribution is 5.98. The van der Waals surface area contributed by atoms with E-state index in [0.29, 0.717) is 46.1 Å². The van der Waals surface area contributed by atoms with Gasteiger partial charge in [-0.3, -0.25) is 57.8 Å². The number of fused-ring (bicyclic) bond motifs is 15. The van der Waals surface area contributed by atoms with E-state index in [4.69, 9.17) is 18.9 Å². The molecule has 9 heterocycles. The SMILES string of the molecule is C/C1=C/CN2CN(C(c3ccccc3)c3ccccc3OC1)n1ccc(=O)c(OCc3ccccc3)c1C2=O.C/C1=C/CN2CN([C@@H](c3ccccc3)c3ccccc3OC1)n1ccc(=O)c(O)c1C2=O.C/C1=C/CN2CN([C@H](c3ccccc3)c3ccccc3OC1)n1ccc(=O)c(O)c1C2=O. The minimum absolute atomic E-state index is 0.0339. The predicted molar refractivity (Wildman–Crippen MR) is 391 cm³/mol. The second-order valence-corrected chi connectivity index (χ2v) is 25.8. The molecule has 0 fully saturated rings. The van der Waals surface area contributed by atoms with Crippen LogP contribution in [0.1, 0.15) is 109 Å². The number of amides is 3. The number of carbonyl (C=O) groups is 3. The maximum atomic E-state index is 14.0. The second kappa shape index (κ2) is 29.6. The average Bonchev–Trinajstić information content (AvgIpc) is 1.29. The monoisotopic (exact) mass is 1380 g/mol. The number of ether oxygens (including phenoxy) is 4. The van der Waals surface area contributed by atoms with Crippen LogP contribution in [0.25, 0.3) is 0 Å². The first-order chi connectivity index (χ1) is 50.2. The van der Waals surface area contributed by atoms with E-state index in [-0.39, 0.29) is 84.1 Å². The Bertz CT molecular complexity index is 4920. The number of rotatable bonds is 6. The second-order valence-electron chi connectivity index (χ2n) is 25.8. The van der Waals surface area contributed by atoms with Gasteiger partial charge in [0.1, 0.15) is 81.8 Å². The number of pyridine rings is 3. The van der Waals surface area contributed by atoms with Crippen LogP contribution in [0.15, 0.2) is 280 Å². The van der Waals surface area contributed by atoms with Crippen LogP contribution in [0.4, 0.5) is 0 Å². The fourth-order valence-electron chi connectivity index (χ4n) is 13.6. The Balaban J connectivity index is 0.000000132. The van der Waals surface area contributed by atoms with E-state index < -0.39 is 22.4 Å². The zero-order valence-electron chi connectivity index (χ0n) is 57.0. The van der Waals surface area contributed by atoms with E-state index in [1.54, 1.807) is 47.3 Å². The van der Waals surface area contributed by atoms with Crippen molar-refractivity contribution in [2.45, 2.75) is 45.5 Å². The molecule has 21 nitrogen and oxygen atoms in total. The van der Waals surface area contributed by atoms with Crippen LogP contribution >= 0.6 is 0 Å². The van der Waals surface area contributed by atoms with Gasteiger partial charge in [-0.25, -0.2) is 0 Å². The van der Waals surface area contributed by atoms with Crippen LogP contribution in [0, 0.1) is 0 Å². The molecule has 0 spiro atoms. The number of hydrogen-bond donors (Lipinski definition) is 2. The van der Waals surface area contributed by atoms with Crippen molar-refractivity contribution < 1.29 is 43.5 Å². The molecule has 3 aromatic heterocycles. The van der Waals surface area contributed by atoms with Gasteiger partial charge in [0.05, 0.1) is 0 Å². The Morgan fingerprint density at radius 1 is 0.369 bits per heavy atom. The molecule has 7 aromatic carbocycles. The van der Waals surface area contributed by atoms with Gasteiger partial charge >= 0.3 is 0 Å². The molecule has 0 aliphatic carbocycles. The summed E-state index contributed by atoms with van der Waals surface area (Å²) >= 11 is 0. The highest BCUT2D eigenvalue weighted by Crippen LogP contribution is 2.41. The van der Waals surface area contributed by atoms with Crippen LogP contribution in [0.2, 0.25) is 0 Å². The Morgan fingerprint density at radius 3 is 1.03 bits per heavy atom. The molecule has 6 aliphatic heterocycles. The standard InChI is InChI=1S/C32H29N3O4.2C25H23N3O4/c1-23-16-18-33-22-35(29(25-12-6-3-7-13-25)26-14-8-9-15-28(26)38-20-23)34-19-17-27(36)31(30(34)32(33)37)39-21-24-10-4-2-5-11-24;2*1-17-11-13-26-16-28(27-14-12-20(29)24(30)23(27)25(26)31)22(18-7-3-2-4-8-18)19-9-5-6-10-21(19)32-15-17/h2-17,19,29H,18,20-22H2,1H3;2*2-12,14,22,30H,13,15-16H2,1H3/b23-16-;2*17-11-/t;2*22-/m.10/s1. The molecule has 0 saturated carbocycles. The summed E-state index contributed by atoms with van der Waals surface area (Å²) in [6, 6.07) is 66.3. The lowest BCUT2D eigenvalue weighted by Gasteiger charge is -2.44. The molecule has 3 atom stereocenters. The van der Waals surface area contributed by atoms with Crippen LogP contribution in [-0.2, 0) is 6.61 Å². The first-order valence-corrected chi connectivity index (χ1v) is 34.0. The summed E-state index contributed by atoms with van der Waals surface area (Å²) in [4.78, 5) is 83.0. The molecule has 21 heteroatoms. The number of aromatic nitrogens is 3. The minimum Gasteiger partial charge on any atom is -0.502 e. The zero-order chi connectivity index (χ0) is 71.3. The molecule has 520 valence electrons.